The number of oxazole rings is 1. The van der Waals surface area contributed by atoms with Gasteiger partial charge in [-0.1, -0.05) is 48.4 Å². The molecule has 170 valence electrons. The molecule has 0 saturated carbocycles. The van der Waals surface area contributed by atoms with Crippen molar-refractivity contribution in [1.82, 2.24) is 4.98 Å². The van der Waals surface area contributed by atoms with Crippen LogP contribution in [-0.4, -0.2) is 19.4 Å². The third-order valence-electron chi connectivity index (χ3n) is 4.88. The Morgan fingerprint density at radius 2 is 1.65 bits per heavy atom. The van der Waals surface area contributed by atoms with Gasteiger partial charge in [-0.3, -0.25) is 0 Å². The highest BCUT2D eigenvalue weighted by molar-refractivity contribution is 7.89. The van der Waals surface area contributed by atoms with Crippen LogP contribution >= 0.6 is 0 Å². The molecule has 34 heavy (non-hydrogen) atoms. The normalized spacial score (nSPS) is 10.9. The molecule has 0 atom stereocenters. The fourth-order valence-electron chi connectivity index (χ4n) is 3.31. The Kier molecular flexibility index (Phi) is 6.59. The largest absolute Gasteiger partial charge is 0.440 e. The van der Waals surface area contributed by atoms with Crippen molar-refractivity contribution in [2.75, 3.05) is 0 Å². The van der Waals surface area contributed by atoms with Crippen LogP contribution in [0.5, 0.6) is 5.75 Å². The number of carbonyl (C=O) groups is 1. The van der Waals surface area contributed by atoms with Gasteiger partial charge in [-0.2, -0.15) is 0 Å². The number of carbonyl (C=O) groups excluding carboxylic acids is 1. The average Bonchev–Trinajstić information content (AvgIpc) is 3.24. The van der Waals surface area contributed by atoms with Gasteiger partial charge in [0, 0.05) is 23.5 Å². The molecule has 4 aromatic rings. The second-order valence-corrected chi connectivity index (χ2v) is 8.87. The maximum atomic E-state index is 11.6. The van der Waals surface area contributed by atoms with Crippen molar-refractivity contribution >= 4 is 16.0 Å². The highest BCUT2D eigenvalue weighted by Crippen LogP contribution is 2.33. The second kappa shape index (κ2) is 9.75. The van der Waals surface area contributed by atoms with E-state index in [1.807, 2.05) is 42.5 Å². The van der Waals surface area contributed by atoms with Gasteiger partial charge in [0.1, 0.15) is 11.4 Å². The molecule has 3 aromatic carbocycles. The zero-order valence-electron chi connectivity index (χ0n) is 18.2. The Balaban J connectivity index is 1.65. The van der Waals surface area contributed by atoms with E-state index < -0.39 is 16.0 Å². The van der Waals surface area contributed by atoms with Crippen LogP contribution < -0.4 is 9.88 Å². The molecule has 0 bridgehead atoms. The minimum Gasteiger partial charge on any atom is -0.440 e. The summed E-state index contributed by atoms with van der Waals surface area (Å²) in [6, 6.07) is 22.7. The van der Waals surface area contributed by atoms with Gasteiger partial charge in [-0.15, -0.1) is 0 Å². The summed E-state index contributed by atoms with van der Waals surface area (Å²) in [7, 11) is -3.80. The summed E-state index contributed by atoms with van der Waals surface area (Å²) in [5.74, 6) is 5.59. The van der Waals surface area contributed by atoms with Crippen molar-refractivity contribution in [2.45, 2.75) is 18.2 Å². The number of nitrogens with zero attached hydrogens (tertiary/aromatic N) is 1. The van der Waals surface area contributed by atoms with Gasteiger partial charge < -0.3 is 9.15 Å². The first kappa shape index (κ1) is 23.0. The Bertz CT molecular complexity index is 1480. The van der Waals surface area contributed by atoms with Gasteiger partial charge in [0.2, 0.25) is 10.0 Å². The number of primary sulfonamides is 1. The lowest BCUT2D eigenvalue weighted by Gasteiger charge is -2.03. The Labute approximate surface area is 197 Å². The van der Waals surface area contributed by atoms with E-state index >= 15 is 0 Å². The number of ether oxygens (including phenoxy) is 1. The van der Waals surface area contributed by atoms with Gasteiger partial charge in [0.25, 0.3) is 0 Å². The van der Waals surface area contributed by atoms with Gasteiger partial charge in [0.05, 0.1) is 4.90 Å². The number of esters is 1. The van der Waals surface area contributed by atoms with Crippen LogP contribution in [0.25, 0.3) is 22.6 Å². The molecule has 0 aliphatic rings. The summed E-state index contributed by atoms with van der Waals surface area (Å²) in [5.41, 5.74) is 3.08. The molecule has 0 unspecified atom stereocenters. The summed E-state index contributed by atoms with van der Waals surface area (Å²) in [4.78, 5) is 16.2. The van der Waals surface area contributed by atoms with Gasteiger partial charge in [-0.05, 0) is 48.9 Å². The van der Waals surface area contributed by atoms with E-state index in [0.29, 0.717) is 35.1 Å². The van der Waals surface area contributed by atoms with Crippen LogP contribution in [0, 0.1) is 11.8 Å². The highest BCUT2D eigenvalue weighted by atomic mass is 32.2. The minimum absolute atomic E-state index is 0.0166. The molecule has 7 nitrogen and oxygen atoms in total. The number of aromatic nitrogens is 1. The van der Waals surface area contributed by atoms with Crippen molar-refractivity contribution in [2.24, 2.45) is 5.14 Å². The molecule has 0 fully saturated rings. The van der Waals surface area contributed by atoms with Crippen molar-refractivity contribution in [3.63, 3.8) is 0 Å². The standard InChI is InChI=1S/C26H20N2O5S/c1-2-6-24(29)32-21-13-9-18(10-14-21)17-23-28-25(19-7-4-3-5-8-19)26(33-23)20-11-15-22(16-12-20)34(27,30)31/h3-5,7-16H,17H2,1H3,(H2,27,30,31). The molecular formula is C26H20N2O5S. The average molecular weight is 473 g/mol. The summed E-state index contributed by atoms with van der Waals surface area (Å²) in [5, 5.41) is 5.21. The van der Waals surface area contributed by atoms with Crippen LogP contribution in [0.3, 0.4) is 0 Å². The summed E-state index contributed by atoms with van der Waals surface area (Å²) in [6.07, 6.45) is 0.401. The topological polar surface area (TPSA) is 112 Å². The molecule has 0 spiro atoms. The molecule has 0 amide bonds. The van der Waals surface area contributed by atoms with Gasteiger partial charge in [0.15, 0.2) is 11.7 Å². The first-order valence-corrected chi connectivity index (χ1v) is 11.8. The lowest BCUT2D eigenvalue weighted by Crippen LogP contribution is -2.11. The maximum Gasteiger partial charge on any atom is 0.389 e. The van der Waals surface area contributed by atoms with E-state index in [-0.39, 0.29) is 4.90 Å². The summed E-state index contributed by atoms with van der Waals surface area (Å²) >= 11 is 0. The first-order valence-electron chi connectivity index (χ1n) is 10.3. The molecule has 0 saturated heterocycles. The minimum atomic E-state index is -3.80. The van der Waals surface area contributed by atoms with Crippen LogP contribution in [-0.2, 0) is 21.2 Å². The van der Waals surface area contributed by atoms with Crippen molar-refractivity contribution in [3.05, 3.63) is 90.3 Å². The van der Waals surface area contributed by atoms with Crippen LogP contribution in [0.15, 0.2) is 88.2 Å². The molecule has 0 aliphatic carbocycles. The van der Waals surface area contributed by atoms with Crippen LogP contribution in [0.1, 0.15) is 18.4 Å². The van der Waals surface area contributed by atoms with Crippen molar-refractivity contribution in [3.8, 4) is 40.2 Å². The van der Waals surface area contributed by atoms with Crippen LogP contribution in [0.2, 0.25) is 0 Å². The Morgan fingerprint density at radius 3 is 2.26 bits per heavy atom. The molecule has 0 radical (unpaired) electrons. The predicted octanol–water partition coefficient (Wildman–Crippen LogP) is 4.18. The number of benzene rings is 3. The molecule has 4 rings (SSSR count). The van der Waals surface area contributed by atoms with E-state index in [2.05, 4.69) is 11.8 Å². The van der Waals surface area contributed by atoms with Crippen molar-refractivity contribution in [1.29, 1.82) is 0 Å². The van der Waals surface area contributed by atoms with Crippen LogP contribution in [0.4, 0.5) is 0 Å². The Morgan fingerprint density at radius 1 is 0.971 bits per heavy atom. The number of sulfonamides is 1. The third kappa shape index (κ3) is 5.41. The SMILES string of the molecule is CC#CC(=O)Oc1ccc(Cc2nc(-c3ccccc3)c(-c3ccc(S(N)(=O)=O)cc3)o2)cc1. The summed E-state index contributed by atoms with van der Waals surface area (Å²) in [6.45, 7) is 1.56. The Hall–Kier alpha value is -4.19. The molecule has 0 aliphatic heterocycles. The lowest BCUT2D eigenvalue weighted by molar-refractivity contribution is -0.128. The first-order chi connectivity index (χ1) is 16.3. The monoisotopic (exact) mass is 472 g/mol. The van der Waals surface area contributed by atoms with E-state index in [0.717, 1.165) is 11.1 Å². The number of hydrogen-bond acceptors (Lipinski definition) is 6. The smallest absolute Gasteiger partial charge is 0.389 e. The summed E-state index contributed by atoms with van der Waals surface area (Å²) < 4.78 is 34.4. The number of hydrogen-bond donors (Lipinski definition) is 1. The fraction of sp³-hybridized carbons (Fsp3) is 0.0769. The molecule has 8 heteroatoms. The van der Waals surface area contributed by atoms with Gasteiger partial charge >= 0.3 is 5.97 Å². The number of nitrogens with two attached hydrogens (primary N) is 1. The molecule has 1 heterocycles. The quantitative estimate of drug-likeness (QED) is 0.195. The lowest BCUT2D eigenvalue weighted by atomic mass is 10.1. The molecule has 2 N–H and O–H groups in total. The maximum absolute atomic E-state index is 11.6. The van der Waals surface area contributed by atoms with E-state index in [9.17, 15) is 13.2 Å². The zero-order valence-corrected chi connectivity index (χ0v) is 19.0. The van der Waals surface area contributed by atoms with E-state index in [1.54, 1.807) is 31.2 Å². The third-order valence-corrected chi connectivity index (χ3v) is 5.81. The van der Waals surface area contributed by atoms with Crippen molar-refractivity contribution < 1.29 is 22.4 Å². The zero-order chi connectivity index (χ0) is 24.1. The van der Waals surface area contributed by atoms with Gasteiger partial charge in [-0.25, -0.2) is 23.3 Å². The second-order valence-electron chi connectivity index (χ2n) is 7.31. The number of rotatable bonds is 6. The fourth-order valence-corrected chi connectivity index (χ4v) is 3.82. The van der Waals surface area contributed by atoms with E-state index in [1.165, 1.54) is 12.1 Å². The highest BCUT2D eigenvalue weighted by Gasteiger charge is 2.18. The molecule has 1 aromatic heterocycles. The van der Waals surface area contributed by atoms with E-state index in [4.69, 9.17) is 19.3 Å². The predicted molar refractivity (Wildman–Crippen MR) is 127 cm³/mol. The molecular weight excluding hydrogens is 452 g/mol.